The molecule has 0 aliphatic carbocycles. The highest BCUT2D eigenvalue weighted by Crippen LogP contribution is 2.24. The van der Waals surface area contributed by atoms with Crippen molar-refractivity contribution in [2.24, 2.45) is 0 Å². The minimum Gasteiger partial charge on any atom is -0.494 e. The maximum absolute atomic E-state index is 13.7. The lowest BCUT2D eigenvalue weighted by atomic mass is 9.95. The molecule has 3 heteroatoms. The summed E-state index contributed by atoms with van der Waals surface area (Å²) >= 11 is 0. The first-order valence-electron chi connectivity index (χ1n) is 6.71. The van der Waals surface area contributed by atoms with Gasteiger partial charge in [0.1, 0.15) is 0 Å². The summed E-state index contributed by atoms with van der Waals surface area (Å²) in [6.07, 6.45) is 0.738. The van der Waals surface area contributed by atoms with E-state index in [4.69, 9.17) is 4.74 Å². The van der Waals surface area contributed by atoms with E-state index < -0.39 is 0 Å². The fraction of sp³-hybridized carbons (Fsp3) is 0.294. The fourth-order valence-electron chi connectivity index (χ4n) is 2.42. The number of nitrogens with one attached hydrogen (secondary N) is 1. The van der Waals surface area contributed by atoms with Crippen molar-refractivity contribution in [1.82, 2.24) is 5.32 Å². The normalized spacial score (nSPS) is 12.2. The predicted molar refractivity (Wildman–Crippen MR) is 79.6 cm³/mol. The number of hydrogen-bond acceptors (Lipinski definition) is 2. The van der Waals surface area contributed by atoms with Crippen molar-refractivity contribution in [3.63, 3.8) is 0 Å². The van der Waals surface area contributed by atoms with E-state index in [1.807, 2.05) is 25.2 Å². The van der Waals surface area contributed by atoms with Crippen LogP contribution in [0, 0.1) is 12.7 Å². The van der Waals surface area contributed by atoms with E-state index in [-0.39, 0.29) is 17.6 Å². The van der Waals surface area contributed by atoms with Crippen molar-refractivity contribution in [2.45, 2.75) is 19.4 Å². The molecular weight excluding hydrogens is 253 g/mol. The van der Waals surface area contributed by atoms with Gasteiger partial charge in [0.25, 0.3) is 0 Å². The monoisotopic (exact) mass is 273 g/mol. The third-order valence-corrected chi connectivity index (χ3v) is 3.57. The summed E-state index contributed by atoms with van der Waals surface area (Å²) in [5, 5.41) is 3.30. The molecule has 20 heavy (non-hydrogen) atoms. The van der Waals surface area contributed by atoms with Gasteiger partial charge in [-0.1, -0.05) is 30.3 Å². The van der Waals surface area contributed by atoms with Gasteiger partial charge < -0.3 is 10.1 Å². The van der Waals surface area contributed by atoms with Crippen molar-refractivity contribution < 1.29 is 9.13 Å². The van der Waals surface area contributed by atoms with E-state index in [2.05, 4.69) is 24.4 Å². The van der Waals surface area contributed by atoms with Gasteiger partial charge in [-0.3, -0.25) is 0 Å². The number of ether oxygens (including phenoxy) is 1. The summed E-state index contributed by atoms with van der Waals surface area (Å²) in [7, 11) is 3.40. The maximum atomic E-state index is 13.7. The molecule has 2 rings (SSSR count). The molecule has 0 aliphatic rings. The SMILES string of the molecule is CNC(Cc1ccc(OC)c(F)c1)c1ccccc1C. The van der Waals surface area contributed by atoms with Crippen LogP contribution in [-0.4, -0.2) is 14.2 Å². The molecule has 2 aromatic rings. The minimum atomic E-state index is -0.315. The van der Waals surface area contributed by atoms with E-state index >= 15 is 0 Å². The van der Waals surface area contributed by atoms with E-state index in [1.165, 1.54) is 18.2 Å². The number of hydrogen-bond donors (Lipinski definition) is 1. The maximum Gasteiger partial charge on any atom is 0.165 e. The average molecular weight is 273 g/mol. The van der Waals surface area contributed by atoms with Crippen molar-refractivity contribution >= 4 is 0 Å². The molecule has 0 heterocycles. The highest BCUT2D eigenvalue weighted by atomic mass is 19.1. The van der Waals surface area contributed by atoms with Gasteiger partial charge in [-0.15, -0.1) is 0 Å². The Morgan fingerprint density at radius 1 is 1.20 bits per heavy atom. The number of aryl methyl sites for hydroxylation is 1. The minimum absolute atomic E-state index is 0.170. The van der Waals surface area contributed by atoms with E-state index in [1.54, 1.807) is 12.1 Å². The highest BCUT2D eigenvalue weighted by molar-refractivity contribution is 5.33. The number of halogens is 1. The van der Waals surface area contributed by atoms with Crippen LogP contribution in [-0.2, 0) is 6.42 Å². The van der Waals surface area contributed by atoms with E-state index in [9.17, 15) is 4.39 Å². The average Bonchev–Trinajstić information content (AvgIpc) is 2.46. The largest absolute Gasteiger partial charge is 0.494 e. The van der Waals surface area contributed by atoms with Crippen LogP contribution in [0.3, 0.4) is 0 Å². The van der Waals surface area contributed by atoms with Gasteiger partial charge in [0.15, 0.2) is 11.6 Å². The van der Waals surface area contributed by atoms with Crippen LogP contribution in [0.5, 0.6) is 5.75 Å². The van der Waals surface area contributed by atoms with Crippen LogP contribution < -0.4 is 10.1 Å². The second kappa shape index (κ2) is 6.53. The third kappa shape index (κ3) is 3.17. The Morgan fingerprint density at radius 2 is 1.95 bits per heavy atom. The molecule has 0 saturated heterocycles. The van der Waals surface area contributed by atoms with Gasteiger partial charge in [-0.2, -0.15) is 0 Å². The van der Waals surface area contributed by atoms with Gasteiger partial charge in [0.2, 0.25) is 0 Å². The summed E-state index contributed by atoms with van der Waals surface area (Å²) in [5.74, 6) is -0.0321. The molecule has 0 aliphatic heterocycles. The van der Waals surface area contributed by atoms with Crippen LogP contribution in [0.15, 0.2) is 42.5 Å². The Bertz CT molecular complexity index is 583. The quantitative estimate of drug-likeness (QED) is 0.898. The molecule has 1 atom stereocenters. The Hall–Kier alpha value is -1.87. The zero-order valence-corrected chi connectivity index (χ0v) is 12.1. The molecule has 0 saturated carbocycles. The van der Waals surface area contributed by atoms with Crippen LogP contribution in [0.25, 0.3) is 0 Å². The molecule has 106 valence electrons. The lowest BCUT2D eigenvalue weighted by molar-refractivity contribution is 0.386. The number of benzene rings is 2. The zero-order chi connectivity index (χ0) is 14.5. The molecule has 0 amide bonds. The fourth-order valence-corrected chi connectivity index (χ4v) is 2.42. The van der Waals surface area contributed by atoms with Crippen LogP contribution in [0.2, 0.25) is 0 Å². The highest BCUT2D eigenvalue weighted by Gasteiger charge is 2.13. The van der Waals surface area contributed by atoms with Crippen molar-refractivity contribution in [3.8, 4) is 5.75 Å². The summed E-state index contributed by atoms with van der Waals surface area (Å²) in [6, 6.07) is 13.6. The van der Waals surface area contributed by atoms with E-state index in [0.29, 0.717) is 0 Å². The Labute approximate surface area is 119 Å². The standard InChI is InChI=1S/C17H20FNO/c1-12-6-4-5-7-14(12)16(19-2)11-13-8-9-17(20-3)15(18)10-13/h4-10,16,19H,11H2,1-3H3. The second-order valence-electron chi connectivity index (χ2n) is 4.87. The van der Waals surface area contributed by atoms with E-state index in [0.717, 1.165) is 12.0 Å². The van der Waals surface area contributed by atoms with Crippen molar-refractivity contribution in [2.75, 3.05) is 14.2 Å². The number of rotatable bonds is 5. The van der Waals surface area contributed by atoms with Crippen LogP contribution in [0.1, 0.15) is 22.7 Å². The molecule has 2 aromatic carbocycles. The predicted octanol–water partition coefficient (Wildman–Crippen LogP) is 3.65. The Morgan fingerprint density at radius 3 is 2.55 bits per heavy atom. The smallest absolute Gasteiger partial charge is 0.165 e. The molecular formula is C17H20FNO. The molecule has 2 nitrogen and oxygen atoms in total. The molecule has 0 spiro atoms. The van der Waals surface area contributed by atoms with Gasteiger partial charge in [0, 0.05) is 6.04 Å². The lowest BCUT2D eigenvalue weighted by Gasteiger charge is -2.19. The summed E-state index contributed by atoms with van der Waals surface area (Å²) in [6.45, 7) is 2.09. The molecule has 0 bridgehead atoms. The molecule has 1 N–H and O–H groups in total. The van der Waals surface area contributed by atoms with Gasteiger partial charge >= 0.3 is 0 Å². The topological polar surface area (TPSA) is 21.3 Å². The summed E-state index contributed by atoms with van der Waals surface area (Å²) < 4.78 is 18.7. The zero-order valence-electron chi connectivity index (χ0n) is 12.1. The number of methoxy groups -OCH3 is 1. The van der Waals surface area contributed by atoms with Gasteiger partial charge in [-0.05, 0) is 49.2 Å². The lowest BCUT2D eigenvalue weighted by Crippen LogP contribution is -2.19. The summed E-state index contributed by atoms with van der Waals surface area (Å²) in [4.78, 5) is 0. The van der Waals surface area contributed by atoms with Crippen molar-refractivity contribution in [1.29, 1.82) is 0 Å². The van der Waals surface area contributed by atoms with Crippen molar-refractivity contribution in [3.05, 3.63) is 65.0 Å². The first-order chi connectivity index (χ1) is 9.65. The molecule has 0 radical (unpaired) electrons. The van der Waals surface area contributed by atoms with Crippen LogP contribution >= 0.6 is 0 Å². The van der Waals surface area contributed by atoms with Gasteiger partial charge in [0.05, 0.1) is 7.11 Å². The Kier molecular flexibility index (Phi) is 4.74. The summed E-state index contributed by atoms with van der Waals surface area (Å²) in [5.41, 5.74) is 3.43. The first kappa shape index (κ1) is 14.5. The molecule has 0 fully saturated rings. The van der Waals surface area contributed by atoms with Crippen LogP contribution in [0.4, 0.5) is 4.39 Å². The first-order valence-corrected chi connectivity index (χ1v) is 6.71. The molecule has 0 aromatic heterocycles. The Balaban J connectivity index is 2.23. The third-order valence-electron chi connectivity index (χ3n) is 3.57. The van der Waals surface area contributed by atoms with Gasteiger partial charge in [-0.25, -0.2) is 4.39 Å². The number of likely N-dealkylation sites (N-methyl/N-ethyl adjacent to an activating group) is 1. The second-order valence-corrected chi connectivity index (χ2v) is 4.87. The molecule has 1 unspecified atom stereocenters.